The molecular weight excluding hydrogens is 260 g/mol. The lowest BCUT2D eigenvalue weighted by molar-refractivity contribution is 0.565. The first-order valence-corrected chi connectivity index (χ1v) is 7.42. The molecule has 4 nitrogen and oxygen atoms in total. The molecule has 1 atom stereocenters. The van der Waals surface area contributed by atoms with E-state index in [1.165, 1.54) is 5.56 Å². The fraction of sp³-hybridized carbons (Fsp3) is 0.294. The Morgan fingerprint density at radius 3 is 2.90 bits per heavy atom. The summed E-state index contributed by atoms with van der Waals surface area (Å²) in [4.78, 5) is 4.56. The van der Waals surface area contributed by atoms with Gasteiger partial charge in [0.1, 0.15) is 0 Å². The van der Waals surface area contributed by atoms with Gasteiger partial charge >= 0.3 is 0 Å². The Balaban J connectivity index is 2.06. The first kappa shape index (κ1) is 13.8. The van der Waals surface area contributed by atoms with Gasteiger partial charge in [-0.2, -0.15) is 5.10 Å². The van der Waals surface area contributed by atoms with Crippen molar-refractivity contribution in [3.8, 4) is 5.82 Å². The normalized spacial score (nSPS) is 12.7. The minimum atomic E-state index is 0.247. The average Bonchev–Trinajstić information content (AvgIpc) is 2.96. The van der Waals surface area contributed by atoms with Crippen LogP contribution < -0.4 is 5.32 Å². The zero-order chi connectivity index (χ0) is 14.7. The number of hydrogen-bond donors (Lipinski definition) is 1. The summed E-state index contributed by atoms with van der Waals surface area (Å²) >= 11 is 0. The van der Waals surface area contributed by atoms with Gasteiger partial charge < -0.3 is 5.32 Å². The number of fused-ring (bicyclic) bond motifs is 1. The zero-order valence-corrected chi connectivity index (χ0v) is 12.5. The molecule has 1 aromatic carbocycles. The lowest BCUT2D eigenvalue weighted by Gasteiger charge is -2.17. The summed E-state index contributed by atoms with van der Waals surface area (Å²) < 4.78 is 1.93. The summed E-state index contributed by atoms with van der Waals surface area (Å²) in [6, 6.07) is 12.5. The third-order valence-corrected chi connectivity index (χ3v) is 3.66. The Labute approximate surface area is 124 Å². The quantitative estimate of drug-likeness (QED) is 0.778. The molecule has 0 aliphatic carbocycles. The van der Waals surface area contributed by atoms with E-state index >= 15 is 0 Å². The van der Waals surface area contributed by atoms with Crippen LogP contribution in [-0.4, -0.2) is 21.3 Å². The topological polar surface area (TPSA) is 42.7 Å². The molecule has 0 spiro atoms. The Bertz CT molecular complexity index is 732. The Kier molecular flexibility index (Phi) is 3.97. The lowest BCUT2D eigenvalue weighted by atomic mass is 10.1. The molecule has 108 valence electrons. The van der Waals surface area contributed by atoms with Gasteiger partial charge in [0.25, 0.3) is 0 Å². The molecular formula is C17H20N4. The average molecular weight is 280 g/mol. The van der Waals surface area contributed by atoms with E-state index in [-0.39, 0.29) is 6.04 Å². The summed E-state index contributed by atoms with van der Waals surface area (Å²) in [5.41, 5.74) is 2.25. The lowest BCUT2D eigenvalue weighted by Crippen LogP contribution is -2.21. The summed E-state index contributed by atoms with van der Waals surface area (Å²) in [6.07, 6.45) is 4.82. The Hall–Kier alpha value is -2.20. The molecule has 0 aliphatic heterocycles. The van der Waals surface area contributed by atoms with Crippen LogP contribution in [0.2, 0.25) is 0 Å². The van der Waals surface area contributed by atoms with Crippen molar-refractivity contribution in [1.82, 2.24) is 20.1 Å². The molecule has 0 saturated heterocycles. The number of rotatable bonds is 5. The summed E-state index contributed by atoms with van der Waals surface area (Å²) in [5, 5.41) is 9.16. The third-order valence-electron chi connectivity index (χ3n) is 3.66. The Morgan fingerprint density at radius 2 is 2.05 bits per heavy atom. The minimum Gasteiger partial charge on any atom is -0.310 e. The van der Waals surface area contributed by atoms with Crippen molar-refractivity contribution in [3.63, 3.8) is 0 Å². The number of para-hydroxylation sites is 1. The van der Waals surface area contributed by atoms with Gasteiger partial charge in [0.2, 0.25) is 0 Å². The van der Waals surface area contributed by atoms with E-state index in [1.807, 2.05) is 35.3 Å². The van der Waals surface area contributed by atoms with Crippen molar-refractivity contribution >= 4 is 10.9 Å². The van der Waals surface area contributed by atoms with Crippen molar-refractivity contribution in [3.05, 3.63) is 54.4 Å². The van der Waals surface area contributed by atoms with E-state index in [0.29, 0.717) is 0 Å². The number of aromatic nitrogens is 3. The largest absolute Gasteiger partial charge is 0.310 e. The van der Waals surface area contributed by atoms with Gasteiger partial charge in [-0.05, 0) is 32.0 Å². The van der Waals surface area contributed by atoms with Gasteiger partial charge in [0.15, 0.2) is 5.82 Å². The van der Waals surface area contributed by atoms with Gasteiger partial charge in [-0.25, -0.2) is 9.67 Å². The number of nitrogens with one attached hydrogen (secondary N) is 1. The van der Waals surface area contributed by atoms with Crippen LogP contribution in [0, 0.1) is 0 Å². The van der Waals surface area contributed by atoms with Gasteiger partial charge in [0, 0.05) is 23.2 Å². The van der Waals surface area contributed by atoms with Crippen LogP contribution in [0.4, 0.5) is 0 Å². The van der Waals surface area contributed by atoms with Crippen LogP contribution in [-0.2, 0) is 0 Å². The highest BCUT2D eigenvalue weighted by atomic mass is 15.3. The van der Waals surface area contributed by atoms with E-state index in [2.05, 4.69) is 47.4 Å². The molecule has 0 amide bonds. The highest BCUT2D eigenvalue weighted by Crippen LogP contribution is 2.23. The molecule has 0 saturated carbocycles. The second-order valence-corrected chi connectivity index (χ2v) is 5.21. The van der Waals surface area contributed by atoms with Crippen molar-refractivity contribution in [2.45, 2.75) is 26.3 Å². The van der Waals surface area contributed by atoms with E-state index < -0.39 is 0 Å². The predicted molar refractivity (Wildman–Crippen MR) is 85.6 cm³/mol. The number of nitrogens with zero attached hydrogens (tertiary/aromatic N) is 3. The van der Waals surface area contributed by atoms with Crippen LogP contribution >= 0.6 is 0 Å². The molecule has 0 radical (unpaired) electrons. The van der Waals surface area contributed by atoms with Crippen LogP contribution in [0.5, 0.6) is 0 Å². The van der Waals surface area contributed by atoms with Crippen molar-refractivity contribution in [2.75, 3.05) is 6.54 Å². The SMILES string of the molecule is CCCNC(C)c1cccnc1-n1ncc2ccccc21. The summed E-state index contributed by atoms with van der Waals surface area (Å²) in [6.45, 7) is 5.34. The van der Waals surface area contributed by atoms with Crippen LogP contribution in [0.1, 0.15) is 31.9 Å². The van der Waals surface area contributed by atoms with Crippen LogP contribution in [0.3, 0.4) is 0 Å². The number of benzene rings is 1. The fourth-order valence-corrected chi connectivity index (χ4v) is 2.54. The van der Waals surface area contributed by atoms with E-state index in [0.717, 1.165) is 29.7 Å². The molecule has 3 aromatic rings. The molecule has 0 bridgehead atoms. The first-order chi connectivity index (χ1) is 10.3. The second kappa shape index (κ2) is 6.06. The maximum Gasteiger partial charge on any atom is 0.158 e. The molecule has 1 unspecified atom stereocenters. The van der Waals surface area contributed by atoms with Gasteiger partial charge in [-0.15, -0.1) is 0 Å². The minimum absolute atomic E-state index is 0.247. The van der Waals surface area contributed by atoms with Crippen molar-refractivity contribution in [1.29, 1.82) is 0 Å². The molecule has 0 aliphatic rings. The highest BCUT2D eigenvalue weighted by Gasteiger charge is 2.14. The maximum atomic E-state index is 4.56. The molecule has 1 N–H and O–H groups in total. The fourth-order valence-electron chi connectivity index (χ4n) is 2.54. The summed E-state index contributed by atoms with van der Waals surface area (Å²) in [7, 11) is 0. The summed E-state index contributed by atoms with van der Waals surface area (Å²) in [5.74, 6) is 0.898. The van der Waals surface area contributed by atoms with Gasteiger partial charge in [-0.1, -0.05) is 31.2 Å². The first-order valence-electron chi connectivity index (χ1n) is 7.42. The molecule has 21 heavy (non-hydrogen) atoms. The van der Waals surface area contributed by atoms with Crippen molar-refractivity contribution in [2.24, 2.45) is 0 Å². The smallest absolute Gasteiger partial charge is 0.158 e. The van der Waals surface area contributed by atoms with Gasteiger partial charge in [0.05, 0.1) is 11.7 Å². The standard InChI is InChI=1S/C17H20N4/c1-3-10-18-13(2)15-8-6-11-19-17(15)21-16-9-5-4-7-14(16)12-20-21/h4-9,11-13,18H,3,10H2,1-2H3. The van der Waals surface area contributed by atoms with E-state index in [1.54, 1.807) is 0 Å². The van der Waals surface area contributed by atoms with Gasteiger partial charge in [-0.3, -0.25) is 0 Å². The highest BCUT2D eigenvalue weighted by molar-refractivity contribution is 5.80. The molecule has 3 rings (SSSR count). The zero-order valence-electron chi connectivity index (χ0n) is 12.5. The third kappa shape index (κ3) is 2.67. The van der Waals surface area contributed by atoms with E-state index in [4.69, 9.17) is 0 Å². The Morgan fingerprint density at radius 1 is 1.19 bits per heavy atom. The monoisotopic (exact) mass is 280 g/mol. The number of pyridine rings is 1. The number of hydrogen-bond acceptors (Lipinski definition) is 3. The van der Waals surface area contributed by atoms with Crippen molar-refractivity contribution < 1.29 is 0 Å². The molecule has 2 aromatic heterocycles. The predicted octanol–water partition coefficient (Wildman–Crippen LogP) is 3.48. The molecule has 4 heteroatoms. The van der Waals surface area contributed by atoms with Crippen LogP contribution in [0.15, 0.2) is 48.8 Å². The molecule has 0 fully saturated rings. The second-order valence-electron chi connectivity index (χ2n) is 5.21. The van der Waals surface area contributed by atoms with Crippen LogP contribution in [0.25, 0.3) is 16.7 Å². The van der Waals surface area contributed by atoms with E-state index in [9.17, 15) is 0 Å². The maximum absolute atomic E-state index is 4.56. The molecule has 2 heterocycles.